The fourth-order valence-electron chi connectivity index (χ4n) is 2.56. The molecule has 0 saturated carbocycles. The van der Waals surface area contributed by atoms with Gasteiger partial charge in [0.05, 0.1) is 10.6 Å². The molecule has 9 heteroatoms. The Morgan fingerprint density at radius 1 is 1.24 bits per heavy atom. The van der Waals surface area contributed by atoms with Crippen LogP contribution in [0, 0.1) is 13.8 Å². The SMILES string of the molecule is Cc1cccc(OCc2c(C(=O)Nc3ccc(OC(F)F)c(Cl)c3)noc2C)c1. The summed E-state index contributed by atoms with van der Waals surface area (Å²) in [4.78, 5) is 12.6. The van der Waals surface area contributed by atoms with Crippen LogP contribution in [-0.4, -0.2) is 17.7 Å². The van der Waals surface area contributed by atoms with E-state index in [0.717, 1.165) is 5.56 Å². The van der Waals surface area contributed by atoms with Crippen molar-refractivity contribution in [1.29, 1.82) is 0 Å². The van der Waals surface area contributed by atoms with Gasteiger partial charge in [0, 0.05) is 5.69 Å². The van der Waals surface area contributed by atoms with Crippen LogP contribution in [0.25, 0.3) is 0 Å². The lowest BCUT2D eigenvalue weighted by atomic mass is 10.2. The van der Waals surface area contributed by atoms with Crippen molar-refractivity contribution in [3.05, 3.63) is 70.1 Å². The van der Waals surface area contributed by atoms with Crippen molar-refractivity contribution in [2.24, 2.45) is 0 Å². The summed E-state index contributed by atoms with van der Waals surface area (Å²) in [6, 6.07) is 11.4. The van der Waals surface area contributed by atoms with Gasteiger partial charge in [0.15, 0.2) is 5.69 Å². The molecule has 0 radical (unpaired) electrons. The molecule has 6 nitrogen and oxygen atoms in total. The zero-order valence-corrected chi connectivity index (χ0v) is 16.3. The molecule has 0 aliphatic heterocycles. The van der Waals surface area contributed by atoms with E-state index in [-0.39, 0.29) is 28.8 Å². The first-order chi connectivity index (χ1) is 13.8. The predicted molar refractivity (Wildman–Crippen MR) is 103 cm³/mol. The Morgan fingerprint density at radius 3 is 2.72 bits per heavy atom. The van der Waals surface area contributed by atoms with Gasteiger partial charge in [-0.2, -0.15) is 8.78 Å². The monoisotopic (exact) mass is 422 g/mol. The van der Waals surface area contributed by atoms with Gasteiger partial charge in [-0.1, -0.05) is 28.9 Å². The molecule has 1 N–H and O–H groups in total. The standard InChI is InChI=1S/C20H17ClF2N2O4/c1-11-4-3-5-14(8-11)27-10-15-12(2)29-25-18(15)19(26)24-13-6-7-17(16(21)9-13)28-20(22)23/h3-9,20H,10H2,1-2H3,(H,24,26). The van der Waals surface area contributed by atoms with Gasteiger partial charge in [-0.3, -0.25) is 4.79 Å². The molecule has 0 atom stereocenters. The van der Waals surface area contributed by atoms with Crippen molar-refractivity contribution in [2.45, 2.75) is 27.1 Å². The Morgan fingerprint density at radius 2 is 2.03 bits per heavy atom. The lowest BCUT2D eigenvalue weighted by Crippen LogP contribution is -2.15. The number of ether oxygens (including phenoxy) is 2. The zero-order chi connectivity index (χ0) is 21.0. The van der Waals surface area contributed by atoms with Crippen LogP contribution in [-0.2, 0) is 6.61 Å². The second-order valence-corrected chi connectivity index (χ2v) is 6.56. The molecule has 1 amide bonds. The van der Waals surface area contributed by atoms with Crippen molar-refractivity contribution < 1.29 is 27.6 Å². The molecular weight excluding hydrogens is 406 g/mol. The number of aromatic nitrogens is 1. The molecule has 29 heavy (non-hydrogen) atoms. The highest BCUT2D eigenvalue weighted by molar-refractivity contribution is 6.32. The molecule has 0 fully saturated rings. The molecular formula is C20H17ClF2N2O4. The van der Waals surface area contributed by atoms with Crippen molar-refractivity contribution >= 4 is 23.2 Å². The van der Waals surface area contributed by atoms with Crippen LogP contribution in [0.2, 0.25) is 5.02 Å². The summed E-state index contributed by atoms with van der Waals surface area (Å²) in [6.07, 6.45) is 0. The maximum atomic E-state index is 12.6. The number of hydrogen-bond donors (Lipinski definition) is 1. The van der Waals surface area contributed by atoms with Crippen molar-refractivity contribution in [2.75, 3.05) is 5.32 Å². The van der Waals surface area contributed by atoms with E-state index < -0.39 is 12.5 Å². The number of hydrogen-bond acceptors (Lipinski definition) is 5. The first kappa shape index (κ1) is 20.6. The number of amides is 1. The molecule has 3 aromatic rings. The molecule has 0 saturated heterocycles. The molecule has 1 heterocycles. The quantitative estimate of drug-likeness (QED) is 0.553. The predicted octanol–water partition coefficient (Wildman–Crippen LogP) is 5.38. The third-order valence-electron chi connectivity index (χ3n) is 3.98. The smallest absolute Gasteiger partial charge is 0.387 e. The number of aryl methyl sites for hydroxylation is 2. The van der Waals surface area contributed by atoms with Crippen LogP contribution in [0.4, 0.5) is 14.5 Å². The molecule has 1 aromatic heterocycles. The molecule has 0 unspecified atom stereocenters. The largest absolute Gasteiger partial charge is 0.489 e. The summed E-state index contributed by atoms with van der Waals surface area (Å²) >= 11 is 5.90. The van der Waals surface area contributed by atoms with Crippen LogP contribution in [0.3, 0.4) is 0 Å². The second kappa shape index (κ2) is 8.91. The summed E-state index contributed by atoms with van der Waals surface area (Å²) < 4.78 is 39.8. The maximum absolute atomic E-state index is 12.6. The third kappa shape index (κ3) is 5.23. The highest BCUT2D eigenvalue weighted by Crippen LogP contribution is 2.29. The highest BCUT2D eigenvalue weighted by atomic mass is 35.5. The lowest BCUT2D eigenvalue weighted by Gasteiger charge is -2.10. The van der Waals surface area contributed by atoms with Crippen LogP contribution in [0.5, 0.6) is 11.5 Å². The summed E-state index contributed by atoms with van der Waals surface area (Å²) in [7, 11) is 0. The Kier molecular flexibility index (Phi) is 6.33. The number of halogens is 3. The maximum Gasteiger partial charge on any atom is 0.387 e. The van der Waals surface area contributed by atoms with E-state index in [1.54, 1.807) is 13.0 Å². The minimum absolute atomic E-state index is 0.0548. The highest BCUT2D eigenvalue weighted by Gasteiger charge is 2.21. The van der Waals surface area contributed by atoms with Gasteiger partial charge >= 0.3 is 6.61 Å². The average molecular weight is 423 g/mol. The number of nitrogens with one attached hydrogen (secondary N) is 1. The van der Waals surface area contributed by atoms with Gasteiger partial charge in [-0.15, -0.1) is 0 Å². The average Bonchev–Trinajstić information content (AvgIpc) is 3.03. The van der Waals surface area contributed by atoms with Gasteiger partial charge in [-0.05, 0) is 49.7 Å². The summed E-state index contributed by atoms with van der Waals surface area (Å²) in [5, 5.41) is 6.33. The van der Waals surface area contributed by atoms with Gasteiger partial charge in [0.25, 0.3) is 5.91 Å². The van der Waals surface area contributed by atoms with Gasteiger partial charge in [0.2, 0.25) is 0 Å². The van der Waals surface area contributed by atoms with E-state index >= 15 is 0 Å². The lowest BCUT2D eigenvalue weighted by molar-refractivity contribution is -0.0497. The zero-order valence-electron chi connectivity index (χ0n) is 15.5. The van der Waals surface area contributed by atoms with E-state index in [1.807, 2.05) is 25.1 Å². The third-order valence-corrected chi connectivity index (χ3v) is 4.27. The number of carbonyl (C=O) groups is 1. The number of rotatable bonds is 7. The van der Waals surface area contributed by atoms with Gasteiger partial charge in [-0.25, -0.2) is 0 Å². The topological polar surface area (TPSA) is 73.6 Å². The summed E-state index contributed by atoms with van der Waals surface area (Å²) in [6.45, 7) is 0.705. The second-order valence-electron chi connectivity index (χ2n) is 6.15. The Balaban J connectivity index is 1.72. The van der Waals surface area contributed by atoms with Gasteiger partial charge in [0.1, 0.15) is 23.9 Å². The molecule has 3 rings (SSSR count). The molecule has 2 aromatic carbocycles. The summed E-state index contributed by atoms with van der Waals surface area (Å²) in [5.41, 5.74) is 1.87. The van der Waals surface area contributed by atoms with E-state index in [2.05, 4.69) is 15.2 Å². The number of anilines is 1. The number of nitrogens with zero attached hydrogens (tertiary/aromatic N) is 1. The van der Waals surface area contributed by atoms with E-state index in [4.69, 9.17) is 20.9 Å². The van der Waals surface area contributed by atoms with E-state index in [0.29, 0.717) is 17.1 Å². The Bertz CT molecular complexity index is 1020. The minimum Gasteiger partial charge on any atom is -0.489 e. The molecule has 0 spiro atoms. The fourth-order valence-corrected chi connectivity index (χ4v) is 2.79. The van der Waals surface area contributed by atoms with Crippen LogP contribution in [0.15, 0.2) is 47.0 Å². The van der Waals surface area contributed by atoms with Crippen LogP contribution >= 0.6 is 11.6 Å². The first-order valence-corrected chi connectivity index (χ1v) is 8.91. The van der Waals surface area contributed by atoms with Crippen molar-refractivity contribution in [1.82, 2.24) is 5.16 Å². The van der Waals surface area contributed by atoms with Crippen LogP contribution in [0.1, 0.15) is 27.4 Å². The van der Waals surface area contributed by atoms with Gasteiger partial charge < -0.3 is 19.3 Å². The molecule has 0 aliphatic rings. The minimum atomic E-state index is -3.00. The van der Waals surface area contributed by atoms with Crippen molar-refractivity contribution in [3.8, 4) is 11.5 Å². The number of carbonyl (C=O) groups excluding carboxylic acids is 1. The molecule has 152 valence electrons. The van der Waals surface area contributed by atoms with E-state index in [9.17, 15) is 13.6 Å². The van der Waals surface area contributed by atoms with E-state index in [1.165, 1.54) is 18.2 Å². The van der Waals surface area contributed by atoms with Crippen LogP contribution < -0.4 is 14.8 Å². The fraction of sp³-hybridized carbons (Fsp3) is 0.200. The van der Waals surface area contributed by atoms with Crippen molar-refractivity contribution in [3.63, 3.8) is 0 Å². The Labute approximate surface area is 170 Å². The first-order valence-electron chi connectivity index (χ1n) is 8.54. The summed E-state index contributed by atoms with van der Waals surface area (Å²) in [5.74, 6) is 0.354. The molecule has 0 bridgehead atoms. The number of alkyl halides is 2. The molecule has 0 aliphatic carbocycles. The number of benzene rings is 2. The normalized spacial score (nSPS) is 10.8. The Hall–Kier alpha value is -3.13.